The van der Waals surface area contributed by atoms with Crippen LogP contribution in [0.3, 0.4) is 0 Å². The molecule has 0 amide bonds. The first kappa shape index (κ1) is 28.4. The zero-order chi connectivity index (χ0) is 32.6. The SMILES string of the molecule is CC1(C)C=C(N)C(C(=N)c2ccccc2-c2cc(-c3cccc4c3NC3c5ccn(-c6ccccc6)c5C=CC43)cc3ccccc23)=C1. The van der Waals surface area contributed by atoms with E-state index >= 15 is 0 Å². The molecule has 0 fully saturated rings. The van der Waals surface area contributed by atoms with Crippen LogP contribution in [0.15, 0.2) is 151 Å². The third-order valence-corrected chi connectivity index (χ3v) is 10.2. The van der Waals surface area contributed by atoms with Crippen LogP contribution in [-0.4, -0.2) is 10.3 Å². The zero-order valence-electron chi connectivity index (χ0n) is 27.0. The van der Waals surface area contributed by atoms with Gasteiger partial charge in [0.05, 0.1) is 17.4 Å². The lowest BCUT2D eigenvalue weighted by atomic mass is 9.85. The van der Waals surface area contributed by atoms with E-state index in [1.165, 1.54) is 39.1 Å². The van der Waals surface area contributed by atoms with Crippen LogP contribution >= 0.6 is 0 Å². The summed E-state index contributed by atoms with van der Waals surface area (Å²) in [6.45, 7) is 4.25. The van der Waals surface area contributed by atoms with Crippen LogP contribution in [0.1, 0.15) is 48.2 Å². The van der Waals surface area contributed by atoms with Gasteiger partial charge in [0.25, 0.3) is 0 Å². The van der Waals surface area contributed by atoms with Gasteiger partial charge in [0.15, 0.2) is 0 Å². The number of nitrogens with two attached hydrogens (primary N) is 1. The second-order valence-electron chi connectivity index (χ2n) is 13.8. The fourth-order valence-corrected chi connectivity index (χ4v) is 8.03. The highest BCUT2D eigenvalue weighted by Gasteiger charge is 2.37. The average Bonchev–Trinajstić information content (AvgIpc) is 3.80. The van der Waals surface area contributed by atoms with Crippen LogP contribution < -0.4 is 11.1 Å². The summed E-state index contributed by atoms with van der Waals surface area (Å²) in [6.07, 6.45) is 11.0. The zero-order valence-corrected chi connectivity index (χ0v) is 27.0. The average molecular weight is 621 g/mol. The normalized spacial score (nSPS) is 18.5. The minimum Gasteiger partial charge on any atom is -0.398 e. The number of anilines is 1. The molecule has 6 aromatic rings. The summed E-state index contributed by atoms with van der Waals surface area (Å²) in [5.74, 6) is 0.252. The van der Waals surface area contributed by atoms with Gasteiger partial charge in [-0.15, -0.1) is 0 Å². The van der Waals surface area contributed by atoms with Crippen molar-refractivity contribution in [2.45, 2.75) is 25.8 Å². The van der Waals surface area contributed by atoms with Gasteiger partial charge < -0.3 is 15.6 Å². The summed E-state index contributed by atoms with van der Waals surface area (Å²) in [5, 5.41) is 15.7. The molecule has 4 N–H and O–H groups in total. The van der Waals surface area contributed by atoms with Crippen molar-refractivity contribution in [3.8, 4) is 27.9 Å². The van der Waals surface area contributed by atoms with Crippen molar-refractivity contribution in [2.24, 2.45) is 11.1 Å². The van der Waals surface area contributed by atoms with E-state index in [0.717, 1.165) is 33.2 Å². The molecule has 3 aliphatic rings. The third kappa shape index (κ3) is 4.40. The van der Waals surface area contributed by atoms with Crippen molar-refractivity contribution in [2.75, 3.05) is 5.32 Å². The van der Waals surface area contributed by atoms with Crippen LogP contribution in [0, 0.1) is 10.8 Å². The molecule has 232 valence electrons. The summed E-state index contributed by atoms with van der Waals surface area (Å²) < 4.78 is 2.28. The van der Waals surface area contributed by atoms with Crippen molar-refractivity contribution < 1.29 is 0 Å². The van der Waals surface area contributed by atoms with Crippen molar-refractivity contribution in [1.82, 2.24) is 4.57 Å². The van der Waals surface area contributed by atoms with E-state index in [-0.39, 0.29) is 17.4 Å². The molecular formula is C44H36N4. The van der Waals surface area contributed by atoms with Crippen LogP contribution in [0.25, 0.3) is 44.8 Å². The van der Waals surface area contributed by atoms with E-state index in [9.17, 15) is 5.41 Å². The Morgan fingerprint density at radius 2 is 1.54 bits per heavy atom. The Morgan fingerprint density at radius 3 is 2.38 bits per heavy atom. The highest BCUT2D eigenvalue weighted by molar-refractivity contribution is 6.18. The lowest BCUT2D eigenvalue weighted by Crippen LogP contribution is -2.14. The molecule has 0 saturated heterocycles. The molecule has 2 heterocycles. The van der Waals surface area contributed by atoms with Gasteiger partial charge in [0.2, 0.25) is 0 Å². The van der Waals surface area contributed by atoms with Gasteiger partial charge in [-0.1, -0.05) is 117 Å². The molecule has 0 spiro atoms. The molecule has 48 heavy (non-hydrogen) atoms. The van der Waals surface area contributed by atoms with E-state index in [2.05, 4.69) is 157 Å². The Morgan fingerprint density at radius 1 is 0.771 bits per heavy atom. The first-order chi connectivity index (χ1) is 23.4. The van der Waals surface area contributed by atoms with Crippen LogP contribution in [0.5, 0.6) is 0 Å². The van der Waals surface area contributed by atoms with Gasteiger partial charge in [-0.2, -0.15) is 0 Å². The van der Waals surface area contributed by atoms with Crippen LogP contribution in [0.4, 0.5) is 5.69 Å². The van der Waals surface area contributed by atoms with Crippen molar-refractivity contribution in [3.63, 3.8) is 0 Å². The third-order valence-electron chi connectivity index (χ3n) is 10.2. The molecule has 0 bridgehead atoms. The number of aromatic nitrogens is 1. The van der Waals surface area contributed by atoms with Crippen molar-refractivity contribution in [3.05, 3.63) is 173 Å². The van der Waals surface area contributed by atoms with E-state index < -0.39 is 0 Å². The number of benzene rings is 5. The monoisotopic (exact) mass is 620 g/mol. The van der Waals surface area contributed by atoms with E-state index in [0.29, 0.717) is 11.4 Å². The minimum absolute atomic E-state index is 0.162. The fraction of sp³-hybridized carbons (Fsp3) is 0.114. The summed E-state index contributed by atoms with van der Waals surface area (Å²) in [7, 11) is 0. The molecule has 0 saturated carbocycles. The number of fused-ring (bicyclic) bond motifs is 6. The number of hydrogen-bond donors (Lipinski definition) is 3. The standard InChI is InChI=1S/C44H36N4/c1-44(2)25-38(39(45)26-44)41(46)33-16-9-8-15-32(33)37-24-28(23-27-11-6-7-14-30(27)37)31-17-10-18-34-35-19-20-40-36(43(35)47-42(31)34)21-22-48(40)29-12-4-3-5-13-29/h3-26,35,43,46-47H,45H2,1-2H3. The number of hydrogen-bond acceptors (Lipinski definition) is 3. The Bertz CT molecular complexity index is 2380. The number of nitrogens with zero attached hydrogens (tertiary/aromatic N) is 1. The lowest BCUT2D eigenvalue weighted by molar-refractivity contribution is 0.634. The second-order valence-corrected chi connectivity index (χ2v) is 13.8. The minimum atomic E-state index is -0.175. The molecule has 9 rings (SSSR count). The Hall–Kier alpha value is -5.87. The van der Waals surface area contributed by atoms with Crippen LogP contribution in [0.2, 0.25) is 0 Å². The Balaban J connectivity index is 1.16. The summed E-state index contributed by atoms with van der Waals surface area (Å²) in [5.41, 5.74) is 19.8. The van der Waals surface area contributed by atoms with Gasteiger partial charge in [0.1, 0.15) is 0 Å². The quantitative estimate of drug-likeness (QED) is 0.168. The topological polar surface area (TPSA) is 66.8 Å². The van der Waals surface area contributed by atoms with E-state index in [4.69, 9.17) is 5.73 Å². The largest absolute Gasteiger partial charge is 0.398 e. The lowest BCUT2D eigenvalue weighted by Gasteiger charge is -2.23. The number of allylic oxidation sites excluding steroid dienone is 3. The molecule has 5 aromatic carbocycles. The predicted molar refractivity (Wildman–Crippen MR) is 200 cm³/mol. The van der Waals surface area contributed by atoms with Crippen molar-refractivity contribution in [1.29, 1.82) is 5.41 Å². The summed E-state index contributed by atoms with van der Waals surface area (Å²) in [4.78, 5) is 0. The highest BCUT2D eigenvalue weighted by Crippen LogP contribution is 2.52. The maximum absolute atomic E-state index is 9.35. The van der Waals surface area contributed by atoms with Gasteiger partial charge in [0, 0.05) is 56.9 Å². The van der Waals surface area contributed by atoms with Gasteiger partial charge in [-0.3, -0.25) is 5.41 Å². The molecule has 4 nitrogen and oxygen atoms in total. The van der Waals surface area contributed by atoms with Crippen LogP contribution in [-0.2, 0) is 0 Å². The highest BCUT2D eigenvalue weighted by atomic mass is 15.0. The van der Waals surface area contributed by atoms with E-state index in [1.807, 2.05) is 12.1 Å². The predicted octanol–water partition coefficient (Wildman–Crippen LogP) is 10.4. The van der Waals surface area contributed by atoms with Gasteiger partial charge >= 0.3 is 0 Å². The Kier molecular flexibility index (Phi) is 6.25. The Labute approximate surface area is 281 Å². The number of para-hydroxylation sites is 2. The number of nitrogens with one attached hydrogen (secondary N) is 2. The molecular weight excluding hydrogens is 585 g/mol. The first-order valence-corrected chi connectivity index (χ1v) is 16.6. The fourth-order valence-electron chi connectivity index (χ4n) is 8.03. The molecule has 2 aliphatic carbocycles. The summed E-state index contributed by atoms with van der Waals surface area (Å²) in [6, 6.07) is 41.2. The van der Waals surface area contributed by atoms with Gasteiger partial charge in [-0.25, -0.2) is 0 Å². The summed E-state index contributed by atoms with van der Waals surface area (Å²) >= 11 is 0. The maximum atomic E-state index is 9.35. The molecule has 2 unspecified atom stereocenters. The first-order valence-electron chi connectivity index (χ1n) is 16.6. The smallest absolute Gasteiger partial charge is 0.0708 e. The van der Waals surface area contributed by atoms with E-state index in [1.54, 1.807) is 0 Å². The van der Waals surface area contributed by atoms with Crippen molar-refractivity contribution >= 4 is 28.2 Å². The van der Waals surface area contributed by atoms with Gasteiger partial charge in [-0.05, 0) is 69.4 Å². The second kappa shape index (κ2) is 10.6. The number of rotatable bonds is 5. The molecule has 2 atom stereocenters. The molecule has 4 heteroatoms. The maximum Gasteiger partial charge on any atom is 0.0708 e. The molecule has 1 aromatic heterocycles. The molecule has 1 aliphatic heterocycles. The molecule has 0 radical (unpaired) electrons.